The summed E-state index contributed by atoms with van der Waals surface area (Å²) >= 11 is -1.17. The Morgan fingerprint density at radius 3 is 1.50 bits per heavy atom. The van der Waals surface area contributed by atoms with E-state index in [1.807, 2.05) is 0 Å². The third-order valence-electron chi connectivity index (χ3n) is 3.83. The second-order valence-corrected chi connectivity index (χ2v) is 10.3. The summed E-state index contributed by atoms with van der Waals surface area (Å²) < 4.78 is 3.13. The van der Waals surface area contributed by atoms with E-state index in [-0.39, 0.29) is 0 Å². The maximum atomic E-state index is 2.31. The first-order valence-electron chi connectivity index (χ1n) is 7.85. The molecular weight excluding hydrogens is 327 g/mol. The zero-order valence-electron chi connectivity index (χ0n) is 12.7. The molecule has 0 aromatic heterocycles. The van der Waals surface area contributed by atoms with Gasteiger partial charge in [0.15, 0.2) is 0 Å². The molecule has 0 aliphatic heterocycles. The maximum absolute atomic E-state index is 2.31. The molecule has 22 heavy (non-hydrogen) atoms. The van der Waals surface area contributed by atoms with Gasteiger partial charge in [-0.1, -0.05) is 0 Å². The van der Waals surface area contributed by atoms with Gasteiger partial charge in [-0.3, -0.25) is 0 Å². The van der Waals surface area contributed by atoms with Crippen LogP contribution in [-0.4, -0.2) is 14.7 Å². The molecule has 0 bridgehead atoms. The second-order valence-electron chi connectivity index (χ2n) is 5.41. The first kappa shape index (κ1) is 15.1. The fraction of sp³-hybridized carbons (Fsp3) is 0.143. The molecule has 3 rings (SSSR count). The van der Waals surface area contributed by atoms with Crippen LogP contribution in [0, 0.1) is 0 Å². The van der Waals surface area contributed by atoms with E-state index in [4.69, 9.17) is 0 Å². The van der Waals surface area contributed by atoms with Crippen molar-refractivity contribution in [2.75, 3.05) is 0 Å². The monoisotopic (exact) mass is 348 g/mol. The zero-order valence-corrected chi connectivity index (χ0v) is 14.6. The molecule has 0 aliphatic rings. The van der Waals surface area contributed by atoms with E-state index >= 15 is 0 Å². The van der Waals surface area contributed by atoms with Gasteiger partial charge in [-0.05, 0) is 0 Å². The Hall–Kier alpha value is -1.78. The van der Waals surface area contributed by atoms with Crippen molar-refractivity contribution >= 4 is 23.4 Å². The molecule has 0 atom stereocenters. The minimum absolute atomic E-state index is 1.17. The van der Waals surface area contributed by atoms with Crippen LogP contribution < -0.4 is 8.70 Å². The van der Waals surface area contributed by atoms with Gasteiger partial charge in [-0.25, -0.2) is 0 Å². The van der Waals surface area contributed by atoms with Crippen molar-refractivity contribution < 1.29 is 0 Å². The van der Waals surface area contributed by atoms with Crippen LogP contribution in [0.2, 0.25) is 5.21 Å². The van der Waals surface area contributed by atoms with Gasteiger partial charge in [0.2, 0.25) is 0 Å². The number of rotatable bonds is 6. The summed E-state index contributed by atoms with van der Waals surface area (Å²) in [5.74, 6) is 0. The molecule has 0 saturated carbocycles. The topological polar surface area (TPSA) is 0 Å². The van der Waals surface area contributed by atoms with E-state index in [2.05, 4.69) is 91.0 Å². The van der Waals surface area contributed by atoms with Gasteiger partial charge in [0.1, 0.15) is 0 Å². The van der Waals surface area contributed by atoms with Crippen LogP contribution in [0.3, 0.4) is 0 Å². The standard InChI is InChI=1S/C21H21As/c1-4-11-19(12-5-1)13-10-18-22(20-14-6-2-7-15-20)21-16-8-3-9-17-21/h1-9,11-12,14-17H,10,13,18H2. The normalized spacial score (nSPS) is 10.8. The molecule has 0 nitrogen and oxygen atoms in total. The molecule has 0 aliphatic carbocycles. The Bertz CT molecular complexity index is 623. The van der Waals surface area contributed by atoms with Gasteiger partial charge in [-0.2, -0.15) is 0 Å². The van der Waals surface area contributed by atoms with E-state index in [9.17, 15) is 0 Å². The van der Waals surface area contributed by atoms with Crippen LogP contribution in [0.5, 0.6) is 0 Å². The summed E-state index contributed by atoms with van der Waals surface area (Å²) in [5.41, 5.74) is 1.46. The van der Waals surface area contributed by atoms with Crippen molar-refractivity contribution in [1.29, 1.82) is 0 Å². The molecule has 0 heterocycles. The fourth-order valence-corrected chi connectivity index (χ4v) is 7.65. The molecule has 0 N–H and O–H groups in total. The van der Waals surface area contributed by atoms with E-state index in [0.717, 1.165) is 0 Å². The molecule has 3 aromatic rings. The number of hydrogen-bond acceptors (Lipinski definition) is 0. The van der Waals surface area contributed by atoms with E-state index in [0.29, 0.717) is 0 Å². The van der Waals surface area contributed by atoms with Crippen molar-refractivity contribution in [3.8, 4) is 0 Å². The zero-order chi connectivity index (χ0) is 15.0. The summed E-state index contributed by atoms with van der Waals surface area (Å²) in [7, 11) is 0. The summed E-state index contributed by atoms with van der Waals surface area (Å²) in [6.45, 7) is 0. The molecule has 0 saturated heterocycles. The molecule has 0 radical (unpaired) electrons. The third kappa shape index (κ3) is 4.12. The van der Waals surface area contributed by atoms with Gasteiger partial charge < -0.3 is 0 Å². The van der Waals surface area contributed by atoms with Gasteiger partial charge in [0, 0.05) is 0 Å². The molecule has 3 aromatic carbocycles. The van der Waals surface area contributed by atoms with Crippen molar-refractivity contribution in [2.45, 2.75) is 18.1 Å². The Balaban J connectivity index is 1.72. The first-order valence-corrected chi connectivity index (χ1v) is 11.1. The first-order chi connectivity index (χ1) is 10.9. The predicted octanol–water partition coefficient (Wildman–Crippen LogP) is 3.93. The predicted molar refractivity (Wildman–Crippen MR) is 97.5 cm³/mol. The van der Waals surface area contributed by atoms with Gasteiger partial charge in [0.25, 0.3) is 0 Å². The number of benzene rings is 3. The molecule has 0 amide bonds. The van der Waals surface area contributed by atoms with Crippen molar-refractivity contribution in [1.82, 2.24) is 0 Å². The Kier molecular flexibility index (Phi) is 5.51. The molecule has 110 valence electrons. The summed E-state index contributed by atoms with van der Waals surface area (Å²) in [6, 6.07) is 33.0. The van der Waals surface area contributed by atoms with E-state index in [1.165, 1.54) is 23.6 Å². The number of hydrogen-bond donors (Lipinski definition) is 0. The second kappa shape index (κ2) is 8.01. The van der Waals surface area contributed by atoms with Crippen molar-refractivity contribution in [3.05, 3.63) is 96.6 Å². The van der Waals surface area contributed by atoms with Crippen LogP contribution in [0.1, 0.15) is 12.0 Å². The van der Waals surface area contributed by atoms with E-state index < -0.39 is 14.7 Å². The van der Waals surface area contributed by atoms with Gasteiger partial charge >= 0.3 is 138 Å². The molecule has 0 spiro atoms. The number of aryl methyl sites for hydroxylation is 1. The van der Waals surface area contributed by atoms with Gasteiger partial charge in [0.05, 0.1) is 0 Å². The Morgan fingerprint density at radius 1 is 0.545 bits per heavy atom. The third-order valence-corrected chi connectivity index (χ3v) is 9.29. The average molecular weight is 348 g/mol. The van der Waals surface area contributed by atoms with Crippen molar-refractivity contribution in [2.24, 2.45) is 0 Å². The molecule has 0 unspecified atom stereocenters. The Labute approximate surface area is 138 Å². The summed E-state index contributed by atoms with van der Waals surface area (Å²) in [4.78, 5) is 0. The molecular formula is C21H21As. The van der Waals surface area contributed by atoms with Crippen molar-refractivity contribution in [3.63, 3.8) is 0 Å². The van der Waals surface area contributed by atoms with Crippen LogP contribution in [0.15, 0.2) is 91.0 Å². The van der Waals surface area contributed by atoms with Gasteiger partial charge in [-0.15, -0.1) is 0 Å². The quantitative estimate of drug-likeness (QED) is 0.592. The fourth-order valence-electron chi connectivity index (χ4n) is 2.71. The molecule has 1 heteroatoms. The summed E-state index contributed by atoms with van der Waals surface area (Å²) in [5, 5.41) is 1.33. The van der Waals surface area contributed by atoms with Crippen LogP contribution in [0.25, 0.3) is 0 Å². The van der Waals surface area contributed by atoms with Crippen LogP contribution in [0.4, 0.5) is 0 Å². The Morgan fingerprint density at radius 2 is 1.00 bits per heavy atom. The van der Waals surface area contributed by atoms with E-state index in [1.54, 1.807) is 8.70 Å². The van der Waals surface area contributed by atoms with Crippen LogP contribution >= 0.6 is 0 Å². The SMILES string of the molecule is c1ccc(CCC[As](c2ccccc2)c2ccccc2)cc1. The average Bonchev–Trinajstić information content (AvgIpc) is 2.61. The van der Waals surface area contributed by atoms with Crippen LogP contribution in [-0.2, 0) is 6.42 Å². The molecule has 0 fully saturated rings. The minimum atomic E-state index is -1.17. The summed E-state index contributed by atoms with van der Waals surface area (Å²) in [6.07, 6.45) is 2.46.